The van der Waals surface area contributed by atoms with E-state index >= 15 is 0 Å². The summed E-state index contributed by atoms with van der Waals surface area (Å²) in [5, 5.41) is 3.69. The summed E-state index contributed by atoms with van der Waals surface area (Å²) in [6, 6.07) is 10.6. The summed E-state index contributed by atoms with van der Waals surface area (Å²) in [5.74, 6) is -0.697. The van der Waals surface area contributed by atoms with E-state index in [4.69, 9.17) is 4.74 Å². The van der Waals surface area contributed by atoms with Crippen LogP contribution in [0.25, 0.3) is 5.69 Å². The number of aromatic nitrogens is 3. The highest BCUT2D eigenvalue weighted by Gasteiger charge is 2.37. The van der Waals surface area contributed by atoms with E-state index in [1.807, 2.05) is 0 Å². The van der Waals surface area contributed by atoms with Crippen LogP contribution < -0.4 is 10.3 Å². The number of pyridine rings is 1. The first kappa shape index (κ1) is 18.3. The third kappa shape index (κ3) is 3.71. The molecule has 138 valence electrons. The van der Waals surface area contributed by atoms with Crippen LogP contribution in [-0.4, -0.2) is 27.7 Å². The fourth-order valence-corrected chi connectivity index (χ4v) is 2.37. The van der Waals surface area contributed by atoms with Gasteiger partial charge in [0, 0.05) is 17.7 Å². The van der Waals surface area contributed by atoms with Crippen molar-refractivity contribution in [1.29, 1.82) is 0 Å². The lowest BCUT2D eigenvalue weighted by Gasteiger charge is -2.13. The zero-order valence-electron chi connectivity index (χ0n) is 13.9. The number of ether oxygens (including phenoxy) is 1. The first-order valence-electron chi connectivity index (χ1n) is 7.63. The molecule has 0 unspecified atom stereocenters. The minimum atomic E-state index is -4.91. The van der Waals surface area contributed by atoms with Gasteiger partial charge in [-0.3, -0.25) is 9.59 Å². The Bertz CT molecular complexity index is 1030. The van der Waals surface area contributed by atoms with Crippen molar-refractivity contribution in [3.8, 4) is 11.6 Å². The molecule has 3 aromatic rings. The Labute approximate surface area is 150 Å². The minimum absolute atomic E-state index is 0.0218. The van der Waals surface area contributed by atoms with Crippen LogP contribution in [0.1, 0.15) is 21.6 Å². The van der Waals surface area contributed by atoms with Crippen molar-refractivity contribution < 1.29 is 22.7 Å². The van der Waals surface area contributed by atoms with Crippen LogP contribution in [-0.2, 0) is 6.18 Å². The fraction of sp³-hybridized carbons (Fsp3) is 0.111. The van der Waals surface area contributed by atoms with Crippen LogP contribution in [0.4, 0.5) is 13.2 Å². The molecule has 0 saturated heterocycles. The number of rotatable bonds is 4. The van der Waals surface area contributed by atoms with Crippen LogP contribution in [0.15, 0.2) is 59.5 Å². The first-order valence-corrected chi connectivity index (χ1v) is 7.63. The zero-order chi connectivity index (χ0) is 19.6. The minimum Gasteiger partial charge on any atom is -0.481 e. The summed E-state index contributed by atoms with van der Waals surface area (Å²) in [6.45, 7) is 0. The normalized spacial score (nSPS) is 11.3. The summed E-state index contributed by atoms with van der Waals surface area (Å²) in [7, 11) is 1.39. The van der Waals surface area contributed by atoms with Crippen LogP contribution in [0, 0.1) is 0 Å². The van der Waals surface area contributed by atoms with Crippen LogP contribution in [0.3, 0.4) is 0 Å². The second kappa shape index (κ2) is 7.02. The molecule has 0 saturated carbocycles. The highest BCUT2D eigenvalue weighted by Crippen LogP contribution is 2.31. The van der Waals surface area contributed by atoms with Gasteiger partial charge < -0.3 is 4.74 Å². The molecule has 0 aliphatic rings. The number of carbonyl (C=O) groups is 1. The first-order chi connectivity index (χ1) is 12.8. The summed E-state index contributed by atoms with van der Waals surface area (Å²) >= 11 is 0. The largest absolute Gasteiger partial charge is 0.481 e. The molecule has 0 radical (unpaired) electrons. The molecule has 1 aromatic carbocycles. The van der Waals surface area contributed by atoms with Gasteiger partial charge in [0.15, 0.2) is 0 Å². The standard InChI is InChI=1S/C18H12F3N3O3/c1-27-14-8-7-12(10-22-14)24-15(25)9-13(18(19,20)21)16(23-24)17(26)11-5-3-2-4-6-11/h2-10H,1H3. The van der Waals surface area contributed by atoms with E-state index in [1.54, 1.807) is 6.07 Å². The Morgan fingerprint density at radius 2 is 1.81 bits per heavy atom. The number of alkyl halides is 3. The van der Waals surface area contributed by atoms with Gasteiger partial charge in [0.1, 0.15) is 5.69 Å². The molecule has 6 nitrogen and oxygen atoms in total. The maximum Gasteiger partial charge on any atom is 0.418 e. The molecule has 0 aliphatic carbocycles. The van der Waals surface area contributed by atoms with Gasteiger partial charge in [-0.2, -0.15) is 23.0 Å². The maximum atomic E-state index is 13.4. The second-order valence-corrected chi connectivity index (χ2v) is 5.41. The Balaban J connectivity index is 2.20. The number of hydrogen-bond donors (Lipinski definition) is 0. The van der Waals surface area contributed by atoms with Gasteiger partial charge in [-0.25, -0.2) is 4.98 Å². The number of methoxy groups -OCH3 is 1. The summed E-state index contributed by atoms with van der Waals surface area (Å²) in [4.78, 5) is 28.7. The molecule has 3 rings (SSSR count). The molecule has 0 atom stereocenters. The van der Waals surface area contributed by atoms with Crippen molar-refractivity contribution in [3.63, 3.8) is 0 Å². The molecule has 9 heteroatoms. The van der Waals surface area contributed by atoms with E-state index in [9.17, 15) is 22.8 Å². The quantitative estimate of drug-likeness (QED) is 0.656. The van der Waals surface area contributed by atoms with Gasteiger partial charge in [-0.15, -0.1) is 0 Å². The monoisotopic (exact) mass is 375 g/mol. The van der Waals surface area contributed by atoms with Crippen LogP contribution in [0.5, 0.6) is 5.88 Å². The van der Waals surface area contributed by atoms with E-state index in [0.717, 1.165) is 0 Å². The lowest BCUT2D eigenvalue weighted by molar-refractivity contribution is -0.138. The molecular weight excluding hydrogens is 363 g/mol. The number of hydrogen-bond acceptors (Lipinski definition) is 5. The van der Waals surface area contributed by atoms with Gasteiger partial charge in [0.25, 0.3) is 5.56 Å². The highest BCUT2D eigenvalue weighted by atomic mass is 19.4. The lowest BCUT2D eigenvalue weighted by atomic mass is 10.0. The maximum absolute atomic E-state index is 13.4. The molecule has 2 heterocycles. The predicted octanol–water partition coefficient (Wildman–Crippen LogP) is 2.89. The van der Waals surface area contributed by atoms with Crippen LogP contribution in [0.2, 0.25) is 0 Å². The topological polar surface area (TPSA) is 74.1 Å². The predicted molar refractivity (Wildman–Crippen MR) is 89.1 cm³/mol. The Hall–Kier alpha value is -3.49. The van der Waals surface area contributed by atoms with Crippen molar-refractivity contribution in [2.75, 3.05) is 7.11 Å². The van der Waals surface area contributed by atoms with Crippen molar-refractivity contribution >= 4 is 5.78 Å². The smallest absolute Gasteiger partial charge is 0.418 e. The molecule has 2 aromatic heterocycles. The third-order valence-electron chi connectivity index (χ3n) is 3.66. The third-order valence-corrected chi connectivity index (χ3v) is 3.66. The van der Waals surface area contributed by atoms with Gasteiger partial charge in [-0.1, -0.05) is 30.3 Å². The molecule has 0 fully saturated rings. The van der Waals surface area contributed by atoms with Crippen molar-refractivity contribution in [2.24, 2.45) is 0 Å². The SMILES string of the molecule is COc1ccc(-n2nc(C(=O)c3ccccc3)c(C(F)(F)F)cc2=O)cn1. The van der Waals surface area contributed by atoms with Gasteiger partial charge in [0.05, 0.1) is 24.6 Å². The molecule has 0 N–H and O–H groups in total. The molecule has 0 spiro atoms. The lowest BCUT2D eigenvalue weighted by Crippen LogP contribution is -2.28. The number of nitrogens with zero attached hydrogens (tertiary/aromatic N) is 3. The molecule has 27 heavy (non-hydrogen) atoms. The molecule has 0 aliphatic heterocycles. The number of ketones is 1. The Kier molecular flexibility index (Phi) is 4.76. The number of benzene rings is 1. The van der Waals surface area contributed by atoms with Gasteiger partial charge in [-0.05, 0) is 6.07 Å². The molecule has 0 bridgehead atoms. The van der Waals surface area contributed by atoms with Crippen LogP contribution >= 0.6 is 0 Å². The number of halogens is 3. The summed E-state index contributed by atoms with van der Waals surface area (Å²) in [5.41, 5.74) is -3.19. The van der Waals surface area contributed by atoms with E-state index in [2.05, 4.69) is 10.1 Å². The fourth-order valence-electron chi connectivity index (χ4n) is 2.37. The Morgan fingerprint density at radius 1 is 1.11 bits per heavy atom. The summed E-state index contributed by atoms with van der Waals surface area (Å²) < 4.78 is 45.7. The van der Waals surface area contributed by atoms with E-state index in [1.165, 1.54) is 49.7 Å². The Morgan fingerprint density at radius 3 is 2.37 bits per heavy atom. The summed E-state index contributed by atoms with van der Waals surface area (Å²) in [6.07, 6.45) is -3.71. The van der Waals surface area contributed by atoms with Gasteiger partial charge >= 0.3 is 6.18 Å². The average molecular weight is 375 g/mol. The van der Waals surface area contributed by atoms with Crippen molar-refractivity contribution in [1.82, 2.24) is 14.8 Å². The highest BCUT2D eigenvalue weighted by molar-refractivity contribution is 6.08. The van der Waals surface area contributed by atoms with E-state index < -0.39 is 28.8 Å². The zero-order valence-corrected chi connectivity index (χ0v) is 13.9. The van der Waals surface area contributed by atoms with Gasteiger partial charge in [0.2, 0.25) is 11.7 Å². The van der Waals surface area contributed by atoms with E-state index in [0.29, 0.717) is 10.7 Å². The van der Waals surface area contributed by atoms with E-state index in [-0.39, 0.29) is 17.1 Å². The second-order valence-electron chi connectivity index (χ2n) is 5.41. The molecular formula is C18H12F3N3O3. The van der Waals surface area contributed by atoms with Crippen molar-refractivity contribution in [2.45, 2.75) is 6.18 Å². The number of carbonyl (C=O) groups excluding carboxylic acids is 1. The molecule has 0 amide bonds. The average Bonchev–Trinajstić information content (AvgIpc) is 2.67. The van der Waals surface area contributed by atoms with Crippen molar-refractivity contribution in [3.05, 3.63) is 81.9 Å².